The van der Waals surface area contributed by atoms with E-state index in [1.807, 2.05) is 44.2 Å². The van der Waals surface area contributed by atoms with E-state index in [4.69, 9.17) is 0 Å². The first-order valence-electron chi connectivity index (χ1n) is 8.54. The molecule has 0 atom stereocenters. The maximum Gasteiger partial charge on any atom is 0.267 e. The minimum absolute atomic E-state index is 0.185. The summed E-state index contributed by atoms with van der Waals surface area (Å²) in [5.74, 6) is -0.694. The molecule has 1 heterocycles. The van der Waals surface area contributed by atoms with Gasteiger partial charge in [0.1, 0.15) is 5.70 Å². The zero-order valence-electron chi connectivity index (χ0n) is 15.0. The number of pyridine rings is 1. The molecule has 2 rings (SSSR count). The van der Waals surface area contributed by atoms with Gasteiger partial charge in [0.05, 0.1) is 0 Å². The van der Waals surface area contributed by atoms with Crippen molar-refractivity contribution in [3.05, 3.63) is 77.3 Å². The Morgan fingerprint density at radius 3 is 2.54 bits per heavy atom. The van der Waals surface area contributed by atoms with Gasteiger partial charge in [-0.25, -0.2) is 0 Å². The van der Waals surface area contributed by atoms with Crippen LogP contribution in [0.1, 0.15) is 30.0 Å². The Hall–Kier alpha value is -3.21. The van der Waals surface area contributed by atoms with Gasteiger partial charge in [0.2, 0.25) is 5.91 Å². The van der Waals surface area contributed by atoms with Crippen LogP contribution >= 0.6 is 0 Å². The largest absolute Gasteiger partial charge is 0.351 e. The maximum absolute atomic E-state index is 12.3. The van der Waals surface area contributed by atoms with E-state index in [1.54, 1.807) is 30.6 Å². The van der Waals surface area contributed by atoms with Gasteiger partial charge in [-0.05, 0) is 42.7 Å². The van der Waals surface area contributed by atoms with Gasteiger partial charge < -0.3 is 10.6 Å². The topological polar surface area (TPSA) is 71.1 Å². The van der Waals surface area contributed by atoms with Crippen LogP contribution in [0.4, 0.5) is 0 Å². The molecular formula is C21H23N3O2. The summed E-state index contributed by atoms with van der Waals surface area (Å²) in [6.07, 6.45) is 8.82. The van der Waals surface area contributed by atoms with Gasteiger partial charge in [-0.3, -0.25) is 14.6 Å². The molecule has 0 bridgehead atoms. The average Bonchev–Trinajstić information content (AvgIpc) is 2.66. The first-order chi connectivity index (χ1) is 12.6. The van der Waals surface area contributed by atoms with Crippen LogP contribution in [0.3, 0.4) is 0 Å². The van der Waals surface area contributed by atoms with E-state index in [9.17, 15) is 9.59 Å². The third-order valence-electron chi connectivity index (χ3n) is 3.54. The van der Waals surface area contributed by atoms with E-state index in [2.05, 4.69) is 15.6 Å². The molecular weight excluding hydrogens is 326 g/mol. The number of rotatable bonds is 7. The van der Waals surface area contributed by atoms with E-state index in [1.165, 1.54) is 6.08 Å². The van der Waals surface area contributed by atoms with Crippen LogP contribution in [0.5, 0.6) is 0 Å². The highest BCUT2D eigenvalue weighted by atomic mass is 16.2. The normalized spacial score (nSPS) is 11.4. The Labute approximate surface area is 153 Å². The summed E-state index contributed by atoms with van der Waals surface area (Å²) in [5, 5.41) is 5.42. The molecule has 1 aromatic heterocycles. The number of amides is 2. The highest BCUT2D eigenvalue weighted by molar-refractivity contribution is 6.04. The number of hydrogen-bond donors (Lipinski definition) is 2. The third-order valence-corrected chi connectivity index (χ3v) is 3.54. The second kappa shape index (κ2) is 9.93. The standard InChI is InChI=1S/C21H23N3O2/c1-3-12-23-21(26)19(14-18-5-4-13-22-15-18)24-20(25)11-10-17-8-6-16(2)7-9-17/h4-11,13-15H,3,12H2,1-2H3,(H,23,26)(H,24,25)/b11-10+,19-14-. The first kappa shape index (κ1) is 19.1. The zero-order valence-corrected chi connectivity index (χ0v) is 15.0. The molecule has 0 unspecified atom stereocenters. The second-order valence-corrected chi connectivity index (χ2v) is 5.83. The predicted molar refractivity (Wildman–Crippen MR) is 104 cm³/mol. The molecule has 2 amide bonds. The molecule has 5 heteroatoms. The lowest BCUT2D eigenvalue weighted by atomic mass is 10.1. The van der Waals surface area contributed by atoms with Gasteiger partial charge >= 0.3 is 0 Å². The smallest absolute Gasteiger partial charge is 0.267 e. The monoisotopic (exact) mass is 349 g/mol. The summed E-state index contributed by atoms with van der Waals surface area (Å²) in [5.41, 5.74) is 2.99. The van der Waals surface area contributed by atoms with E-state index >= 15 is 0 Å². The third kappa shape index (κ3) is 6.36. The van der Waals surface area contributed by atoms with Crippen LogP contribution in [0.15, 0.2) is 60.6 Å². The molecule has 0 aliphatic carbocycles. The molecule has 0 aliphatic heterocycles. The molecule has 0 radical (unpaired) electrons. The fourth-order valence-corrected chi connectivity index (χ4v) is 2.14. The van der Waals surface area contributed by atoms with Gasteiger partial charge in [-0.2, -0.15) is 0 Å². The van der Waals surface area contributed by atoms with Crippen LogP contribution in [0.2, 0.25) is 0 Å². The highest BCUT2D eigenvalue weighted by Crippen LogP contribution is 2.06. The highest BCUT2D eigenvalue weighted by Gasteiger charge is 2.11. The van der Waals surface area contributed by atoms with Crippen molar-refractivity contribution in [2.75, 3.05) is 6.54 Å². The number of benzene rings is 1. The summed E-state index contributed by atoms with van der Waals surface area (Å²) >= 11 is 0. The Kier molecular flexibility index (Phi) is 7.31. The van der Waals surface area contributed by atoms with Crippen molar-refractivity contribution in [1.82, 2.24) is 15.6 Å². The van der Waals surface area contributed by atoms with Crippen LogP contribution in [0, 0.1) is 6.92 Å². The van der Waals surface area contributed by atoms with E-state index in [0.717, 1.165) is 23.1 Å². The Morgan fingerprint density at radius 1 is 1.12 bits per heavy atom. The van der Waals surface area contributed by atoms with Crippen molar-refractivity contribution >= 4 is 24.0 Å². The maximum atomic E-state index is 12.3. The lowest BCUT2D eigenvalue weighted by molar-refractivity contribution is -0.121. The molecule has 0 saturated carbocycles. The van der Waals surface area contributed by atoms with Crippen LogP contribution < -0.4 is 10.6 Å². The molecule has 5 nitrogen and oxygen atoms in total. The summed E-state index contributed by atoms with van der Waals surface area (Å²) in [6.45, 7) is 4.51. The van der Waals surface area contributed by atoms with Crippen molar-refractivity contribution in [3.63, 3.8) is 0 Å². The number of hydrogen-bond acceptors (Lipinski definition) is 3. The SMILES string of the molecule is CCCNC(=O)/C(=C/c1cccnc1)NC(=O)/C=C/c1ccc(C)cc1. The van der Waals surface area contributed by atoms with Gasteiger partial charge in [-0.15, -0.1) is 0 Å². The van der Waals surface area contributed by atoms with Crippen LogP contribution in [0.25, 0.3) is 12.2 Å². The van der Waals surface area contributed by atoms with Crippen molar-refractivity contribution in [2.45, 2.75) is 20.3 Å². The number of aryl methyl sites for hydroxylation is 1. The number of carbonyl (C=O) groups excluding carboxylic acids is 2. The Balaban J connectivity index is 2.12. The summed E-state index contributed by atoms with van der Waals surface area (Å²) in [6, 6.07) is 11.4. The molecule has 1 aromatic carbocycles. The van der Waals surface area contributed by atoms with Gasteiger partial charge in [-0.1, -0.05) is 42.8 Å². The summed E-state index contributed by atoms with van der Waals surface area (Å²) < 4.78 is 0. The minimum Gasteiger partial charge on any atom is -0.351 e. The van der Waals surface area contributed by atoms with Crippen molar-refractivity contribution in [3.8, 4) is 0 Å². The van der Waals surface area contributed by atoms with E-state index < -0.39 is 0 Å². The molecule has 2 N–H and O–H groups in total. The van der Waals surface area contributed by atoms with Gasteiger partial charge in [0.15, 0.2) is 0 Å². The van der Waals surface area contributed by atoms with Crippen molar-refractivity contribution in [1.29, 1.82) is 0 Å². The van der Waals surface area contributed by atoms with E-state index in [-0.39, 0.29) is 17.5 Å². The van der Waals surface area contributed by atoms with Crippen molar-refractivity contribution in [2.24, 2.45) is 0 Å². The summed E-state index contributed by atoms with van der Waals surface area (Å²) in [7, 11) is 0. The van der Waals surface area contributed by atoms with Gasteiger partial charge in [0.25, 0.3) is 5.91 Å². The Bertz CT molecular complexity index is 794. The predicted octanol–water partition coefficient (Wildman–Crippen LogP) is 3.09. The lowest BCUT2D eigenvalue weighted by Gasteiger charge is -2.09. The fraction of sp³-hybridized carbons (Fsp3) is 0.190. The first-order valence-corrected chi connectivity index (χ1v) is 8.54. The molecule has 0 aliphatic rings. The second-order valence-electron chi connectivity index (χ2n) is 5.83. The number of nitrogens with zero attached hydrogens (tertiary/aromatic N) is 1. The van der Waals surface area contributed by atoms with Crippen LogP contribution in [-0.2, 0) is 9.59 Å². The molecule has 26 heavy (non-hydrogen) atoms. The zero-order chi connectivity index (χ0) is 18.8. The minimum atomic E-state index is -0.368. The van der Waals surface area contributed by atoms with Crippen LogP contribution in [-0.4, -0.2) is 23.3 Å². The number of aromatic nitrogens is 1. The average molecular weight is 349 g/mol. The van der Waals surface area contributed by atoms with Crippen molar-refractivity contribution < 1.29 is 9.59 Å². The molecule has 0 spiro atoms. The summed E-state index contributed by atoms with van der Waals surface area (Å²) in [4.78, 5) is 28.6. The molecule has 0 fully saturated rings. The molecule has 0 saturated heterocycles. The molecule has 134 valence electrons. The fourth-order valence-electron chi connectivity index (χ4n) is 2.14. The lowest BCUT2D eigenvalue weighted by Crippen LogP contribution is -2.34. The number of carbonyl (C=O) groups is 2. The van der Waals surface area contributed by atoms with E-state index in [0.29, 0.717) is 6.54 Å². The van der Waals surface area contributed by atoms with Gasteiger partial charge in [0, 0.05) is 25.0 Å². The number of nitrogens with one attached hydrogen (secondary N) is 2. The quantitative estimate of drug-likeness (QED) is 0.755. The Morgan fingerprint density at radius 2 is 1.88 bits per heavy atom. The molecule has 2 aromatic rings.